The first-order chi connectivity index (χ1) is 4.66. The molecule has 1 rings (SSSR count). The van der Waals surface area contributed by atoms with Crippen molar-refractivity contribution in [3.8, 4) is 0 Å². The standard InChI is InChI=1S/C6H5I2NO/c1-9-4(3-10)2-5(7)6(9)8/h2-3H,1H3. The Bertz CT molecular complexity index is 267. The summed E-state index contributed by atoms with van der Waals surface area (Å²) in [6, 6.07) is 1.87. The summed E-state index contributed by atoms with van der Waals surface area (Å²) in [6.07, 6.45) is 0.865. The maximum atomic E-state index is 10.4. The van der Waals surface area contributed by atoms with Gasteiger partial charge in [0.15, 0.2) is 6.29 Å². The monoisotopic (exact) mass is 361 g/mol. The number of nitrogens with zero attached hydrogens (tertiary/aromatic N) is 1. The molecule has 0 fully saturated rings. The summed E-state index contributed by atoms with van der Waals surface area (Å²) in [5, 5.41) is 0. The van der Waals surface area contributed by atoms with Gasteiger partial charge in [-0.2, -0.15) is 0 Å². The third kappa shape index (κ3) is 1.36. The molecule has 0 spiro atoms. The molecule has 0 saturated carbocycles. The van der Waals surface area contributed by atoms with Gasteiger partial charge in [-0.1, -0.05) is 0 Å². The van der Waals surface area contributed by atoms with E-state index < -0.39 is 0 Å². The van der Waals surface area contributed by atoms with E-state index in [-0.39, 0.29) is 0 Å². The van der Waals surface area contributed by atoms with Crippen LogP contribution in [0.15, 0.2) is 6.07 Å². The molecular formula is C6H5I2NO. The smallest absolute Gasteiger partial charge is 0.166 e. The van der Waals surface area contributed by atoms with Crippen LogP contribution < -0.4 is 0 Å². The SMILES string of the molecule is Cn1c(C=O)cc(I)c1I. The number of halogens is 2. The van der Waals surface area contributed by atoms with Gasteiger partial charge in [-0.05, 0) is 51.2 Å². The van der Waals surface area contributed by atoms with Crippen LogP contribution in [0.1, 0.15) is 10.5 Å². The highest BCUT2D eigenvalue weighted by Gasteiger charge is 2.05. The van der Waals surface area contributed by atoms with Crippen LogP contribution in [0.2, 0.25) is 0 Å². The van der Waals surface area contributed by atoms with Crippen molar-refractivity contribution < 1.29 is 4.79 Å². The van der Waals surface area contributed by atoms with Gasteiger partial charge in [0.25, 0.3) is 0 Å². The van der Waals surface area contributed by atoms with Crippen molar-refractivity contribution in [1.29, 1.82) is 0 Å². The predicted octanol–water partition coefficient (Wildman–Crippen LogP) is 2.05. The zero-order chi connectivity index (χ0) is 7.72. The average molecular weight is 361 g/mol. The molecule has 0 aliphatic rings. The van der Waals surface area contributed by atoms with E-state index in [1.807, 2.05) is 17.7 Å². The molecule has 1 aromatic heterocycles. The molecular weight excluding hydrogens is 356 g/mol. The fourth-order valence-electron chi connectivity index (χ4n) is 0.673. The zero-order valence-corrected chi connectivity index (χ0v) is 9.58. The van der Waals surface area contributed by atoms with E-state index in [0.29, 0.717) is 0 Å². The van der Waals surface area contributed by atoms with Gasteiger partial charge in [0.2, 0.25) is 0 Å². The summed E-state index contributed by atoms with van der Waals surface area (Å²) in [5.41, 5.74) is 0.730. The summed E-state index contributed by atoms with van der Waals surface area (Å²) in [4.78, 5) is 10.4. The molecule has 1 aromatic rings. The normalized spacial score (nSPS) is 9.90. The van der Waals surface area contributed by atoms with E-state index in [9.17, 15) is 4.79 Å². The zero-order valence-electron chi connectivity index (χ0n) is 5.27. The fourth-order valence-corrected chi connectivity index (χ4v) is 1.79. The summed E-state index contributed by atoms with van der Waals surface area (Å²) in [6.45, 7) is 0. The molecule has 0 N–H and O–H groups in total. The number of carbonyl (C=O) groups excluding carboxylic acids is 1. The number of rotatable bonds is 1. The summed E-state index contributed by atoms with van der Waals surface area (Å²) < 4.78 is 4.11. The Labute approximate surface area is 86.3 Å². The van der Waals surface area contributed by atoms with Gasteiger partial charge < -0.3 is 4.57 Å². The van der Waals surface area contributed by atoms with E-state index in [1.165, 1.54) is 0 Å². The van der Waals surface area contributed by atoms with Gasteiger partial charge >= 0.3 is 0 Å². The quantitative estimate of drug-likeness (QED) is 0.555. The van der Waals surface area contributed by atoms with Crippen molar-refractivity contribution in [2.24, 2.45) is 7.05 Å². The van der Waals surface area contributed by atoms with E-state index >= 15 is 0 Å². The minimum absolute atomic E-state index is 0.730. The highest BCUT2D eigenvalue weighted by atomic mass is 127. The van der Waals surface area contributed by atoms with Crippen molar-refractivity contribution in [2.45, 2.75) is 0 Å². The Hall–Kier alpha value is 0.410. The number of aromatic nitrogens is 1. The van der Waals surface area contributed by atoms with E-state index in [0.717, 1.165) is 19.3 Å². The third-order valence-corrected chi connectivity index (χ3v) is 4.43. The lowest BCUT2D eigenvalue weighted by Gasteiger charge is -1.94. The summed E-state index contributed by atoms with van der Waals surface area (Å²) >= 11 is 4.42. The first-order valence-corrected chi connectivity index (χ1v) is 4.78. The van der Waals surface area contributed by atoms with Crippen molar-refractivity contribution in [1.82, 2.24) is 4.57 Å². The number of hydrogen-bond acceptors (Lipinski definition) is 1. The fraction of sp³-hybridized carbons (Fsp3) is 0.167. The van der Waals surface area contributed by atoms with Crippen LogP contribution in [0.3, 0.4) is 0 Å². The Morgan fingerprint density at radius 2 is 2.20 bits per heavy atom. The van der Waals surface area contributed by atoms with Crippen molar-refractivity contribution in [3.63, 3.8) is 0 Å². The second-order valence-electron chi connectivity index (χ2n) is 1.88. The molecule has 0 atom stereocenters. The maximum Gasteiger partial charge on any atom is 0.166 e. The van der Waals surface area contributed by atoms with Gasteiger partial charge in [-0.25, -0.2) is 0 Å². The minimum Gasteiger partial charge on any atom is -0.336 e. The Morgan fingerprint density at radius 3 is 2.40 bits per heavy atom. The summed E-state index contributed by atoms with van der Waals surface area (Å²) in [7, 11) is 1.88. The lowest BCUT2D eigenvalue weighted by atomic mass is 10.5. The number of hydrogen-bond donors (Lipinski definition) is 0. The molecule has 0 aromatic carbocycles. The largest absolute Gasteiger partial charge is 0.336 e. The van der Waals surface area contributed by atoms with Crippen LogP contribution in [0.25, 0.3) is 0 Å². The second-order valence-corrected chi connectivity index (χ2v) is 4.07. The molecule has 10 heavy (non-hydrogen) atoms. The Kier molecular flexibility index (Phi) is 2.73. The molecule has 0 aliphatic carbocycles. The van der Waals surface area contributed by atoms with Crippen LogP contribution >= 0.6 is 45.2 Å². The van der Waals surface area contributed by atoms with Gasteiger partial charge in [-0.3, -0.25) is 4.79 Å². The molecule has 0 unspecified atom stereocenters. The van der Waals surface area contributed by atoms with Gasteiger partial charge in [0.1, 0.15) is 0 Å². The number of carbonyl (C=O) groups is 1. The lowest BCUT2D eigenvalue weighted by Crippen LogP contribution is -1.95. The van der Waals surface area contributed by atoms with Crippen LogP contribution in [-0.4, -0.2) is 10.9 Å². The molecule has 0 bridgehead atoms. The Morgan fingerprint density at radius 1 is 1.60 bits per heavy atom. The van der Waals surface area contributed by atoms with Gasteiger partial charge in [0.05, 0.1) is 9.39 Å². The molecule has 2 nitrogen and oxygen atoms in total. The minimum atomic E-state index is 0.730. The highest BCUT2D eigenvalue weighted by Crippen LogP contribution is 2.17. The molecule has 0 saturated heterocycles. The van der Waals surface area contributed by atoms with Gasteiger partial charge in [0, 0.05) is 10.6 Å². The first kappa shape index (κ1) is 8.51. The predicted molar refractivity (Wildman–Crippen MR) is 56.2 cm³/mol. The molecule has 0 aliphatic heterocycles. The Balaban J connectivity index is 3.30. The van der Waals surface area contributed by atoms with E-state index in [2.05, 4.69) is 45.2 Å². The van der Waals surface area contributed by atoms with Crippen molar-refractivity contribution in [3.05, 3.63) is 19.0 Å². The topological polar surface area (TPSA) is 22.0 Å². The molecule has 0 amide bonds. The van der Waals surface area contributed by atoms with Crippen LogP contribution in [0.4, 0.5) is 0 Å². The highest BCUT2D eigenvalue weighted by molar-refractivity contribution is 14.1. The number of aldehydes is 1. The van der Waals surface area contributed by atoms with E-state index in [1.54, 1.807) is 0 Å². The first-order valence-electron chi connectivity index (χ1n) is 2.62. The molecule has 0 radical (unpaired) electrons. The van der Waals surface area contributed by atoms with Gasteiger partial charge in [-0.15, -0.1) is 0 Å². The second kappa shape index (κ2) is 3.21. The lowest BCUT2D eigenvalue weighted by molar-refractivity contribution is 0.111. The average Bonchev–Trinajstić information content (AvgIpc) is 2.17. The maximum absolute atomic E-state index is 10.4. The summed E-state index contributed by atoms with van der Waals surface area (Å²) in [5.74, 6) is 0. The van der Waals surface area contributed by atoms with E-state index in [4.69, 9.17) is 0 Å². The van der Waals surface area contributed by atoms with Crippen LogP contribution in [0, 0.1) is 7.27 Å². The van der Waals surface area contributed by atoms with Crippen LogP contribution in [0.5, 0.6) is 0 Å². The van der Waals surface area contributed by atoms with Crippen molar-refractivity contribution >= 4 is 51.5 Å². The molecule has 1 heterocycles. The molecule has 4 heteroatoms. The third-order valence-electron chi connectivity index (χ3n) is 1.27. The molecule has 54 valence electrons. The van der Waals surface area contributed by atoms with Crippen molar-refractivity contribution in [2.75, 3.05) is 0 Å². The van der Waals surface area contributed by atoms with Crippen LogP contribution in [-0.2, 0) is 7.05 Å².